The first kappa shape index (κ1) is 29.9. The molecule has 5 rings (SSSR count). The van der Waals surface area contributed by atoms with Crippen LogP contribution in [0.3, 0.4) is 0 Å². The smallest absolute Gasteiger partial charge is 0.279 e. The van der Waals surface area contributed by atoms with Crippen molar-refractivity contribution in [1.29, 1.82) is 0 Å². The lowest BCUT2D eigenvalue weighted by atomic mass is 9.91. The summed E-state index contributed by atoms with van der Waals surface area (Å²) >= 11 is 0. The molecule has 43 heavy (non-hydrogen) atoms. The molecule has 0 aliphatic carbocycles. The Morgan fingerprint density at radius 3 is 2.63 bits per heavy atom. The number of methoxy groups -OCH3 is 1. The number of hydrogen-bond donors (Lipinski definition) is 1. The summed E-state index contributed by atoms with van der Waals surface area (Å²) in [6.45, 7) is 3.21. The third kappa shape index (κ3) is 6.43. The average Bonchev–Trinajstić information content (AvgIpc) is 3.54. The van der Waals surface area contributed by atoms with E-state index >= 15 is 0 Å². The molecule has 1 fully saturated rings. The van der Waals surface area contributed by atoms with Crippen LogP contribution in [0.4, 0.5) is 4.39 Å². The first-order chi connectivity index (χ1) is 20.7. The molecule has 4 aromatic rings. The summed E-state index contributed by atoms with van der Waals surface area (Å²) in [5.74, 6) is -1.81. The lowest BCUT2D eigenvalue weighted by molar-refractivity contribution is -0.155. The van der Waals surface area contributed by atoms with Crippen molar-refractivity contribution in [3.63, 3.8) is 0 Å². The maximum absolute atomic E-state index is 14.0. The molecule has 13 heteroatoms. The van der Waals surface area contributed by atoms with Crippen molar-refractivity contribution < 1.29 is 23.6 Å². The van der Waals surface area contributed by atoms with Crippen LogP contribution in [-0.2, 0) is 27.8 Å². The van der Waals surface area contributed by atoms with Crippen LogP contribution in [0.1, 0.15) is 39.7 Å². The Morgan fingerprint density at radius 1 is 1.16 bits per heavy atom. The van der Waals surface area contributed by atoms with Crippen molar-refractivity contribution in [1.82, 2.24) is 29.6 Å². The van der Waals surface area contributed by atoms with Gasteiger partial charge < -0.3 is 10.5 Å². The third-order valence-corrected chi connectivity index (χ3v) is 7.42. The topological polar surface area (TPSA) is 147 Å². The van der Waals surface area contributed by atoms with E-state index in [-0.39, 0.29) is 35.8 Å². The molecule has 1 saturated heterocycles. The number of benzene rings is 1. The average molecular weight is 590 g/mol. The lowest BCUT2D eigenvalue weighted by Crippen LogP contribution is -2.30. The molecule has 1 aromatic carbocycles. The highest BCUT2D eigenvalue weighted by molar-refractivity contribution is 5.93. The molecular formula is C30H32FN7O5. The molecule has 2 atom stereocenters. The highest BCUT2D eigenvalue weighted by Gasteiger charge is 2.37. The van der Waals surface area contributed by atoms with E-state index in [2.05, 4.69) is 10.1 Å². The van der Waals surface area contributed by atoms with Crippen LogP contribution < -0.4 is 11.3 Å². The summed E-state index contributed by atoms with van der Waals surface area (Å²) in [5.41, 5.74) is 7.91. The summed E-state index contributed by atoms with van der Waals surface area (Å²) in [7, 11) is 3.02. The predicted molar refractivity (Wildman–Crippen MR) is 154 cm³/mol. The Hall–Kier alpha value is -4.59. The van der Waals surface area contributed by atoms with Gasteiger partial charge in [-0.1, -0.05) is 18.2 Å². The molecule has 0 radical (unpaired) electrons. The van der Waals surface area contributed by atoms with Gasteiger partial charge in [0.2, 0.25) is 5.95 Å². The number of nitrogens with zero attached hydrogens (tertiary/aromatic N) is 6. The Labute approximate surface area is 246 Å². The second-order valence-electron chi connectivity index (χ2n) is 10.4. The molecule has 3 aromatic heterocycles. The monoisotopic (exact) mass is 589 g/mol. The molecule has 1 amide bonds. The van der Waals surface area contributed by atoms with Crippen LogP contribution >= 0.6 is 0 Å². The number of aryl methyl sites for hydroxylation is 1. The highest BCUT2D eigenvalue weighted by Crippen LogP contribution is 2.37. The van der Waals surface area contributed by atoms with Crippen LogP contribution in [0.25, 0.3) is 17.1 Å². The van der Waals surface area contributed by atoms with Gasteiger partial charge in [-0.05, 0) is 42.8 Å². The second-order valence-corrected chi connectivity index (χ2v) is 10.4. The van der Waals surface area contributed by atoms with E-state index in [1.807, 2.05) is 37.3 Å². The number of carbonyl (C=O) groups excluding carboxylic acids is 2. The van der Waals surface area contributed by atoms with E-state index in [4.69, 9.17) is 20.4 Å². The normalized spacial score (nSPS) is 16.9. The maximum atomic E-state index is 14.0. The lowest BCUT2D eigenvalue weighted by Gasteiger charge is -2.17. The van der Waals surface area contributed by atoms with E-state index < -0.39 is 23.5 Å². The van der Waals surface area contributed by atoms with E-state index in [1.165, 1.54) is 25.4 Å². The number of ether oxygens (including phenoxy) is 1. The minimum atomic E-state index is -0.873. The number of amides is 1. The summed E-state index contributed by atoms with van der Waals surface area (Å²) in [5, 5.41) is 10.8. The number of pyridine rings is 1. The van der Waals surface area contributed by atoms with Crippen molar-refractivity contribution >= 4 is 11.7 Å². The van der Waals surface area contributed by atoms with Crippen LogP contribution in [0.2, 0.25) is 0 Å². The zero-order chi connectivity index (χ0) is 30.7. The van der Waals surface area contributed by atoms with E-state index in [1.54, 1.807) is 22.9 Å². The first-order valence-electron chi connectivity index (χ1n) is 13.7. The number of hydroxylamine groups is 2. The zero-order valence-electron chi connectivity index (χ0n) is 24.1. The fourth-order valence-corrected chi connectivity index (χ4v) is 5.30. The van der Waals surface area contributed by atoms with Crippen molar-refractivity contribution in [2.24, 2.45) is 18.7 Å². The van der Waals surface area contributed by atoms with Crippen LogP contribution in [0.5, 0.6) is 0 Å². The standard InChI is InChI=1S/C30H32FN7O5/c1-18-25(15-22(39)13-20-17-37(11-12-42-3)43-28(20)19-9-10-33-26(31)14-19)38(21-7-5-4-6-8-21)35-27(18)24-16-23(29(32)40)30(41)36(2)34-24/h4-10,14,16,20,28H,11-13,15,17H2,1-3H3,(H2,32,40)/t20-,28+/m1/s1. The number of rotatable bonds is 11. The quantitative estimate of drug-likeness (QED) is 0.260. The van der Waals surface area contributed by atoms with E-state index in [0.29, 0.717) is 42.2 Å². The minimum Gasteiger partial charge on any atom is -0.383 e. The van der Waals surface area contributed by atoms with Gasteiger partial charge in [-0.3, -0.25) is 19.2 Å². The number of carbonyl (C=O) groups is 2. The SMILES string of the molecule is COCCN1C[C@@H](CC(=O)Cc2c(C)c(-c3cc(C(N)=O)c(=O)n(C)n3)nn2-c2ccccc2)[C@H](c2ccnc(F)c2)O1. The summed E-state index contributed by atoms with van der Waals surface area (Å²) < 4.78 is 21.9. The van der Waals surface area contributed by atoms with Crippen molar-refractivity contribution in [2.75, 3.05) is 26.8 Å². The molecule has 224 valence electrons. The van der Waals surface area contributed by atoms with Crippen molar-refractivity contribution in [2.45, 2.75) is 25.9 Å². The van der Waals surface area contributed by atoms with Gasteiger partial charge in [-0.2, -0.15) is 19.7 Å². The number of nitrogens with two attached hydrogens (primary N) is 1. The first-order valence-corrected chi connectivity index (χ1v) is 13.7. The van der Waals surface area contributed by atoms with Crippen LogP contribution in [0, 0.1) is 18.8 Å². The van der Waals surface area contributed by atoms with Gasteiger partial charge in [0, 0.05) is 57.8 Å². The number of Topliss-reactive ketones (excluding diaryl/α,β-unsaturated/α-hetero) is 1. The molecule has 12 nitrogen and oxygen atoms in total. The zero-order valence-corrected chi connectivity index (χ0v) is 24.1. The molecular weight excluding hydrogens is 557 g/mol. The third-order valence-electron chi connectivity index (χ3n) is 7.42. The Morgan fingerprint density at radius 2 is 1.93 bits per heavy atom. The number of ketones is 1. The molecule has 2 N–H and O–H groups in total. The second kappa shape index (κ2) is 12.7. The van der Waals surface area contributed by atoms with Crippen molar-refractivity contribution in [3.05, 3.63) is 93.4 Å². The number of halogens is 1. The van der Waals surface area contributed by atoms with Gasteiger partial charge in [0.15, 0.2) is 0 Å². The summed E-state index contributed by atoms with van der Waals surface area (Å²) in [4.78, 5) is 47.8. The van der Waals surface area contributed by atoms with Gasteiger partial charge in [0.05, 0.1) is 18.0 Å². The largest absolute Gasteiger partial charge is 0.383 e. The number of primary amides is 1. The van der Waals surface area contributed by atoms with Crippen LogP contribution in [-0.4, -0.2) is 68.1 Å². The van der Waals surface area contributed by atoms with Gasteiger partial charge >= 0.3 is 0 Å². The fourth-order valence-electron chi connectivity index (χ4n) is 5.30. The van der Waals surface area contributed by atoms with E-state index in [0.717, 1.165) is 10.4 Å². The maximum Gasteiger partial charge on any atom is 0.279 e. The Bertz CT molecular complexity index is 1700. The molecule has 0 unspecified atom stereocenters. The van der Waals surface area contributed by atoms with Gasteiger partial charge in [-0.25, -0.2) is 14.3 Å². The summed E-state index contributed by atoms with van der Waals surface area (Å²) in [6.07, 6.45) is 1.05. The van der Waals surface area contributed by atoms with Crippen LogP contribution in [0.15, 0.2) is 59.5 Å². The number of hydrogen-bond acceptors (Lipinski definition) is 9. The van der Waals surface area contributed by atoms with Gasteiger partial charge in [0.25, 0.3) is 11.5 Å². The molecule has 0 saturated carbocycles. The van der Waals surface area contributed by atoms with Crippen molar-refractivity contribution in [3.8, 4) is 17.1 Å². The number of aromatic nitrogens is 5. The van der Waals surface area contributed by atoms with Gasteiger partial charge in [0.1, 0.15) is 28.8 Å². The van der Waals surface area contributed by atoms with Gasteiger partial charge in [-0.15, -0.1) is 0 Å². The predicted octanol–water partition coefficient (Wildman–Crippen LogP) is 2.33. The molecule has 1 aliphatic rings. The fraction of sp³-hybridized carbons (Fsp3) is 0.333. The minimum absolute atomic E-state index is 0.0359. The van der Waals surface area contributed by atoms with E-state index in [9.17, 15) is 18.8 Å². The highest BCUT2D eigenvalue weighted by atomic mass is 19.1. The Kier molecular flexibility index (Phi) is 8.85. The molecule has 0 spiro atoms. The Balaban J connectivity index is 1.48. The molecule has 4 heterocycles. The number of para-hydroxylation sites is 1. The summed E-state index contributed by atoms with van der Waals surface area (Å²) in [6, 6.07) is 13.6. The molecule has 0 bridgehead atoms. The molecule has 1 aliphatic heterocycles.